The smallest absolute Gasteiger partial charge is 0.353 e. The monoisotopic (exact) mass is 380 g/mol. The molecular weight excluding hydrogens is 352 g/mol. The van der Waals surface area contributed by atoms with Crippen LogP contribution in [-0.4, -0.2) is 5.78 Å². The molecule has 0 saturated heterocycles. The molecule has 2 heteroatoms. The van der Waals surface area contributed by atoms with Crippen LogP contribution in [0.3, 0.4) is 0 Å². The van der Waals surface area contributed by atoms with Gasteiger partial charge >= 0.3 is 11.5 Å². The van der Waals surface area contributed by atoms with E-state index in [2.05, 4.69) is 69.3 Å². The Morgan fingerprint density at radius 3 is 2.30 bits per heavy atom. The van der Waals surface area contributed by atoms with Gasteiger partial charge in [0.2, 0.25) is 0 Å². The standard InChI is InChI=1S/C25H29O.ClH/c1-20-11-10-18-25(2,3)24(20)17-16-23(19-21-12-6-4-7-13-21)26-22-14-8-5-9-15-22;/h4-9,11-17,24H,10,18-19H2,1-3H3;1H/q+1;/p-1. The van der Waals surface area contributed by atoms with E-state index in [4.69, 9.17) is 4.42 Å². The molecule has 0 aliphatic heterocycles. The third-order valence-electron chi connectivity index (χ3n) is 5.28. The highest BCUT2D eigenvalue weighted by atomic mass is 35.5. The van der Waals surface area contributed by atoms with Gasteiger partial charge < -0.3 is 12.4 Å². The van der Waals surface area contributed by atoms with Crippen LogP contribution >= 0.6 is 0 Å². The van der Waals surface area contributed by atoms with Gasteiger partial charge in [0.25, 0.3) is 0 Å². The minimum absolute atomic E-state index is 0. The zero-order chi connectivity index (χ0) is 18.4. The van der Waals surface area contributed by atoms with Crippen LogP contribution in [0.1, 0.15) is 39.2 Å². The van der Waals surface area contributed by atoms with E-state index in [0.29, 0.717) is 11.3 Å². The van der Waals surface area contributed by atoms with E-state index in [-0.39, 0.29) is 12.4 Å². The highest BCUT2D eigenvalue weighted by molar-refractivity contribution is 5.92. The summed E-state index contributed by atoms with van der Waals surface area (Å²) in [5, 5.41) is 0. The zero-order valence-corrected chi connectivity index (χ0v) is 17.2. The van der Waals surface area contributed by atoms with Crippen molar-refractivity contribution in [3.8, 4) is 5.75 Å². The second-order valence-electron chi connectivity index (χ2n) is 7.86. The van der Waals surface area contributed by atoms with Crippen molar-refractivity contribution in [2.75, 3.05) is 0 Å². The SMILES string of the molecule is CC1=CCCC(C)(C)C1C=CC(Cc1ccccc1)=[O+]c1ccccc1.[Cl-]. The van der Waals surface area contributed by atoms with Crippen LogP contribution in [0.4, 0.5) is 0 Å². The second kappa shape index (κ2) is 9.71. The first-order valence-electron chi connectivity index (χ1n) is 9.52. The van der Waals surface area contributed by atoms with Crippen molar-refractivity contribution in [1.29, 1.82) is 0 Å². The zero-order valence-electron chi connectivity index (χ0n) is 16.5. The van der Waals surface area contributed by atoms with Crippen molar-refractivity contribution >= 4 is 5.78 Å². The summed E-state index contributed by atoms with van der Waals surface area (Å²) in [4.78, 5) is 0. The quantitative estimate of drug-likeness (QED) is 0.426. The normalized spacial score (nSPS) is 19.4. The molecule has 0 saturated carbocycles. The first-order valence-corrected chi connectivity index (χ1v) is 9.52. The van der Waals surface area contributed by atoms with Gasteiger partial charge in [-0.15, -0.1) is 0 Å². The maximum Gasteiger partial charge on any atom is 0.353 e. The van der Waals surface area contributed by atoms with Gasteiger partial charge in [0.1, 0.15) is 0 Å². The molecule has 1 atom stereocenters. The number of benzene rings is 2. The molecule has 3 rings (SSSR count). The predicted octanol–water partition coefficient (Wildman–Crippen LogP) is 3.69. The molecule has 1 aliphatic rings. The summed E-state index contributed by atoms with van der Waals surface area (Å²) >= 11 is 0. The Kier molecular flexibility index (Phi) is 7.62. The van der Waals surface area contributed by atoms with Gasteiger partial charge in [0.05, 0.1) is 6.42 Å². The first kappa shape index (κ1) is 21.2. The van der Waals surface area contributed by atoms with Crippen molar-refractivity contribution in [2.24, 2.45) is 11.3 Å². The number of hydrogen-bond acceptors (Lipinski definition) is 0. The molecule has 1 unspecified atom stereocenters. The van der Waals surface area contributed by atoms with E-state index < -0.39 is 0 Å². The summed E-state index contributed by atoms with van der Waals surface area (Å²) in [6.07, 6.45) is 10.1. The molecule has 0 N–H and O–H groups in total. The lowest BCUT2D eigenvalue weighted by Gasteiger charge is -2.36. The van der Waals surface area contributed by atoms with E-state index in [1.165, 1.54) is 24.0 Å². The molecule has 0 fully saturated rings. The molecule has 0 bridgehead atoms. The van der Waals surface area contributed by atoms with Crippen LogP contribution < -0.4 is 12.4 Å². The lowest BCUT2D eigenvalue weighted by atomic mass is 9.68. The predicted molar refractivity (Wildman–Crippen MR) is 110 cm³/mol. The Bertz CT molecular complexity index is 801. The molecular formula is C25H29ClO. The average Bonchev–Trinajstić information content (AvgIpc) is 2.62. The van der Waals surface area contributed by atoms with E-state index in [1.807, 2.05) is 30.3 Å². The minimum Gasteiger partial charge on any atom is -1.00 e. The highest BCUT2D eigenvalue weighted by Crippen LogP contribution is 2.41. The van der Waals surface area contributed by atoms with Gasteiger partial charge in [-0.25, -0.2) is 4.42 Å². The fourth-order valence-electron chi connectivity index (χ4n) is 3.75. The molecule has 2 aromatic rings. The maximum absolute atomic E-state index is 6.22. The summed E-state index contributed by atoms with van der Waals surface area (Å²) in [6, 6.07) is 20.6. The second-order valence-corrected chi connectivity index (χ2v) is 7.86. The number of halogens is 1. The number of ketones is 1. The highest BCUT2D eigenvalue weighted by Gasteiger charge is 2.31. The fourth-order valence-corrected chi connectivity index (χ4v) is 3.75. The molecule has 1 nitrogen and oxygen atoms in total. The third kappa shape index (κ3) is 5.94. The van der Waals surface area contributed by atoms with E-state index in [0.717, 1.165) is 18.0 Å². The molecule has 0 heterocycles. The molecule has 0 aromatic heterocycles. The van der Waals surface area contributed by atoms with Crippen molar-refractivity contribution in [3.05, 3.63) is 90.0 Å². The van der Waals surface area contributed by atoms with Crippen LogP contribution in [0.5, 0.6) is 5.75 Å². The van der Waals surface area contributed by atoms with Crippen LogP contribution in [0.25, 0.3) is 0 Å². The van der Waals surface area contributed by atoms with Gasteiger partial charge in [-0.1, -0.05) is 80.1 Å². The Morgan fingerprint density at radius 1 is 1.04 bits per heavy atom. The summed E-state index contributed by atoms with van der Waals surface area (Å²) in [5.41, 5.74) is 3.02. The van der Waals surface area contributed by atoms with Crippen LogP contribution in [0.2, 0.25) is 0 Å². The Morgan fingerprint density at radius 2 is 1.67 bits per heavy atom. The van der Waals surface area contributed by atoms with E-state index in [9.17, 15) is 0 Å². The van der Waals surface area contributed by atoms with Crippen LogP contribution in [0, 0.1) is 11.3 Å². The molecule has 0 radical (unpaired) electrons. The number of allylic oxidation sites excluding steroid dienone is 4. The summed E-state index contributed by atoms with van der Waals surface area (Å²) in [7, 11) is 0. The first-order chi connectivity index (χ1) is 12.5. The number of carbonyl (C=O) groups excluding carboxylic acids is 1. The third-order valence-corrected chi connectivity index (χ3v) is 5.28. The Balaban J connectivity index is 0.00000261. The Labute approximate surface area is 169 Å². The molecule has 142 valence electrons. The van der Waals surface area contributed by atoms with Crippen molar-refractivity contribution in [3.63, 3.8) is 0 Å². The molecule has 0 amide bonds. The van der Waals surface area contributed by atoms with E-state index >= 15 is 0 Å². The molecule has 27 heavy (non-hydrogen) atoms. The Hall–Kier alpha value is -2.12. The number of rotatable bonds is 5. The van der Waals surface area contributed by atoms with Crippen molar-refractivity contribution in [2.45, 2.75) is 40.0 Å². The molecule has 2 aromatic carbocycles. The molecule has 0 spiro atoms. The maximum atomic E-state index is 6.22. The number of para-hydroxylation sites is 1. The molecule has 1 aliphatic carbocycles. The summed E-state index contributed by atoms with van der Waals surface area (Å²) in [6.45, 7) is 6.99. The summed E-state index contributed by atoms with van der Waals surface area (Å²) in [5.74, 6) is 2.33. The topological polar surface area (TPSA) is 11.3 Å². The van der Waals surface area contributed by atoms with Gasteiger partial charge in [-0.05, 0) is 30.7 Å². The van der Waals surface area contributed by atoms with Crippen LogP contribution in [0.15, 0.2) is 84.5 Å². The van der Waals surface area contributed by atoms with Crippen LogP contribution in [-0.2, 0) is 10.8 Å². The van der Waals surface area contributed by atoms with E-state index in [1.54, 1.807) is 0 Å². The van der Waals surface area contributed by atoms with Gasteiger partial charge in [-0.2, -0.15) is 0 Å². The average molecular weight is 381 g/mol. The lowest BCUT2D eigenvalue weighted by molar-refractivity contribution is -0.366. The lowest BCUT2D eigenvalue weighted by Crippen LogP contribution is -3.00. The van der Waals surface area contributed by atoms with Gasteiger partial charge in [0.15, 0.2) is 0 Å². The van der Waals surface area contributed by atoms with Crippen molar-refractivity contribution < 1.29 is 16.8 Å². The van der Waals surface area contributed by atoms with Gasteiger partial charge in [0, 0.05) is 24.1 Å². The number of hydrogen-bond donors (Lipinski definition) is 0. The van der Waals surface area contributed by atoms with Gasteiger partial charge in [-0.3, -0.25) is 0 Å². The largest absolute Gasteiger partial charge is 1.00 e. The van der Waals surface area contributed by atoms with Crippen molar-refractivity contribution in [1.82, 2.24) is 0 Å². The fraction of sp³-hybridized carbons (Fsp3) is 0.320. The summed E-state index contributed by atoms with van der Waals surface area (Å²) < 4.78 is 6.22. The minimum atomic E-state index is 0.